The van der Waals surface area contributed by atoms with E-state index in [2.05, 4.69) is 52.6 Å². The molecule has 1 amide bonds. The van der Waals surface area contributed by atoms with Crippen molar-refractivity contribution in [2.45, 2.75) is 51.7 Å². The number of carbonyl (C=O) groups is 1. The highest BCUT2D eigenvalue weighted by Gasteiger charge is 2.37. The van der Waals surface area contributed by atoms with Crippen LogP contribution in [0.25, 0.3) is 5.69 Å². The number of nitrogens with zero attached hydrogens (tertiary/aromatic N) is 3. The summed E-state index contributed by atoms with van der Waals surface area (Å²) in [7, 11) is 0. The molecule has 1 N–H and O–H groups in total. The molecule has 0 spiro atoms. The zero-order valence-corrected chi connectivity index (χ0v) is 14.3. The standard InChI is InChI=1S/C19H24N4O/c1-13-8-14(2)23(21-13)17-5-3-4-15(9-17)12-22-16-6-7-18(22)11-20-19(24)10-16/h3-5,8-9,16,18H,6-7,10-12H2,1-2H3,(H,20,24)/t16-,18+/m0/s1. The van der Waals surface area contributed by atoms with Crippen molar-refractivity contribution in [3.8, 4) is 5.69 Å². The van der Waals surface area contributed by atoms with Gasteiger partial charge in [0.25, 0.3) is 0 Å². The number of amides is 1. The van der Waals surface area contributed by atoms with Crippen LogP contribution in [-0.2, 0) is 11.3 Å². The first-order valence-corrected chi connectivity index (χ1v) is 8.75. The van der Waals surface area contributed by atoms with Crippen LogP contribution in [0.5, 0.6) is 0 Å². The first-order chi connectivity index (χ1) is 11.6. The second-order valence-electron chi connectivity index (χ2n) is 7.07. The van der Waals surface area contributed by atoms with Crippen LogP contribution in [0.15, 0.2) is 30.3 Å². The first kappa shape index (κ1) is 15.4. The van der Waals surface area contributed by atoms with Gasteiger partial charge in [-0.05, 0) is 50.5 Å². The lowest BCUT2D eigenvalue weighted by Crippen LogP contribution is -2.37. The molecule has 2 bridgehead atoms. The zero-order chi connectivity index (χ0) is 16.7. The molecule has 0 unspecified atom stereocenters. The van der Waals surface area contributed by atoms with Gasteiger partial charge < -0.3 is 5.32 Å². The Morgan fingerprint density at radius 1 is 1.21 bits per heavy atom. The van der Waals surface area contributed by atoms with Crippen molar-refractivity contribution in [2.75, 3.05) is 6.54 Å². The number of hydrogen-bond donors (Lipinski definition) is 1. The van der Waals surface area contributed by atoms with Crippen molar-refractivity contribution < 1.29 is 4.79 Å². The Morgan fingerprint density at radius 2 is 2.04 bits per heavy atom. The maximum Gasteiger partial charge on any atom is 0.221 e. The molecule has 24 heavy (non-hydrogen) atoms. The van der Waals surface area contributed by atoms with E-state index in [0.717, 1.165) is 36.6 Å². The summed E-state index contributed by atoms with van der Waals surface area (Å²) in [4.78, 5) is 14.3. The monoisotopic (exact) mass is 324 g/mol. The molecule has 2 fully saturated rings. The fraction of sp³-hybridized carbons (Fsp3) is 0.474. The second kappa shape index (κ2) is 6.06. The molecule has 5 heteroatoms. The Morgan fingerprint density at radius 3 is 2.83 bits per heavy atom. The van der Waals surface area contributed by atoms with Gasteiger partial charge in [0.1, 0.15) is 0 Å². The molecule has 2 aliphatic rings. The third-order valence-corrected chi connectivity index (χ3v) is 5.26. The highest BCUT2D eigenvalue weighted by Crippen LogP contribution is 2.30. The molecule has 1 aromatic heterocycles. The van der Waals surface area contributed by atoms with Crippen LogP contribution in [0, 0.1) is 13.8 Å². The number of carbonyl (C=O) groups excluding carboxylic acids is 1. The molecule has 2 atom stereocenters. The highest BCUT2D eigenvalue weighted by atomic mass is 16.1. The summed E-state index contributed by atoms with van der Waals surface area (Å²) >= 11 is 0. The van der Waals surface area contributed by atoms with Crippen molar-refractivity contribution in [3.05, 3.63) is 47.3 Å². The van der Waals surface area contributed by atoms with E-state index in [1.807, 2.05) is 11.6 Å². The number of nitrogens with one attached hydrogen (secondary N) is 1. The number of aryl methyl sites for hydroxylation is 2. The minimum atomic E-state index is 0.198. The Bertz CT molecular complexity index is 766. The zero-order valence-electron chi connectivity index (χ0n) is 14.3. The van der Waals surface area contributed by atoms with E-state index in [1.165, 1.54) is 12.0 Å². The van der Waals surface area contributed by atoms with E-state index >= 15 is 0 Å². The predicted molar refractivity (Wildman–Crippen MR) is 93.0 cm³/mol. The van der Waals surface area contributed by atoms with Crippen molar-refractivity contribution >= 4 is 5.91 Å². The molecule has 5 nitrogen and oxygen atoms in total. The third-order valence-electron chi connectivity index (χ3n) is 5.26. The van der Waals surface area contributed by atoms with Gasteiger partial charge in [-0.1, -0.05) is 12.1 Å². The molecular weight excluding hydrogens is 300 g/mol. The predicted octanol–water partition coefficient (Wildman–Crippen LogP) is 2.34. The van der Waals surface area contributed by atoms with Crippen LogP contribution in [0.2, 0.25) is 0 Å². The van der Waals surface area contributed by atoms with Gasteiger partial charge in [-0.2, -0.15) is 5.10 Å². The summed E-state index contributed by atoms with van der Waals surface area (Å²) in [5.74, 6) is 0.198. The van der Waals surface area contributed by atoms with E-state index in [9.17, 15) is 4.79 Å². The maximum atomic E-state index is 11.8. The van der Waals surface area contributed by atoms with Crippen LogP contribution >= 0.6 is 0 Å². The lowest BCUT2D eigenvalue weighted by molar-refractivity contribution is -0.121. The van der Waals surface area contributed by atoms with Crippen molar-refractivity contribution in [3.63, 3.8) is 0 Å². The lowest BCUT2D eigenvalue weighted by Gasteiger charge is -2.27. The van der Waals surface area contributed by atoms with Gasteiger partial charge in [-0.25, -0.2) is 4.68 Å². The van der Waals surface area contributed by atoms with Crippen LogP contribution in [0.1, 0.15) is 36.2 Å². The molecule has 2 aromatic rings. The molecule has 2 aliphatic heterocycles. The van der Waals surface area contributed by atoms with Gasteiger partial charge in [0, 0.05) is 37.3 Å². The molecule has 3 heterocycles. The first-order valence-electron chi connectivity index (χ1n) is 8.75. The maximum absolute atomic E-state index is 11.8. The normalized spacial score (nSPS) is 24.0. The van der Waals surface area contributed by atoms with Gasteiger partial charge in [-0.3, -0.25) is 9.69 Å². The van der Waals surface area contributed by atoms with Gasteiger partial charge in [0.05, 0.1) is 11.4 Å². The average Bonchev–Trinajstić information content (AvgIpc) is 3.03. The topological polar surface area (TPSA) is 50.2 Å². The third kappa shape index (κ3) is 2.84. The van der Waals surface area contributed by atoms with Crippen LogP contribution in [0.4, 0.5) is 0 Å². The van der Waals surface area contributed by atoms with E-state index in [0.29, 0.717) is 18.5 Å². The average molecular weight is 324 g/mol. The molecule has 1 aromatic carbocycles. The number of rotatable bonds is 3. The molecule has 0 saturated carbocycles. The van der Waals surface area contributed by atoms with Gasteiger partial charge in [-0.15, -0.1) is 0 Å². The highest BCUT2D eigenvalue weighted by molar-refractivity contribution is 5.77. The fourth-order valence-corrected chi connectivity index (χ4v) is 4.12. The van der Waals surface area contributed by atoms with Crippen molar-refractivity contribution in [1.29, 1.82) is 0 Å². The van der Waals surface area contributed by atoms with Crippen molar-refractivity contribution in [1.82, 2.24) is 20.0 Å². The summed E-state index contributed by atoms with van der Waals surface area (Å²) in [6.07, 6.45) is 2.95. The Labute approximate surface area is 142 Å². The number of hydrogen-bond acceptors (Lipinski definition) is 3. The smallest absolute Gasteiger partial charge is 0.221 e. The van der Waals surface area contributed by atoms with Crippen molar-refractivity contribution in [2.24, 2.45) is 0 Å². The summed E-state index contributed by atoms with van der Waals surface area (Å²) in [5.41, 5.74) is 4.57. The van der Waals surface area contributed by atoms with Crippen LogP contribution in [-0.4, -0.2) is 39.2 Å². The minimum absolute atomic E-state index is 0.198. The van der Waals surface area contributed by atoms with E-state index in [-0.39, 0.29) is 5.91 Å². The fourth-order valence-electron chi connectivity index (χ4n) is 4.12. The molecule has 4 rings (SSSR count). The Balaban J connectivity index is 1.58. The summed E-state index contributed by atoms with van der Waals surface area (Å²) < 4.78 is 2.00. The van der Waals surface area contributed by atoms with Crippen LogP contribution < -0.4 is 5.32 Å². The van der Waals surface area contributed by atoms with Gasteiger partial charge >= 0.3 is 0 Å². The Hall–Kier alpha value is -2.14. The molecule has 0 aliphatic carbocycles. The summed E-state index contributed by atoms with van der Waals surface area (Å²) in [6, 6.07) is 11.6. The van der Waals surface area contributed by atoms with E-state index in [4.69, 9.17) is 0 Å². The Kier molecular flexibility index (Phi) is 3.88. The largest absolute Gasteiger partial charge is 0.354 e. The SMILES string of the molecule is Cc1cc(C)n(-c2cccc(CN3[C@@H]4CC[C@H]3CC(=O)NC4)c2)n1. The lowest BCUT2D eigenvalue weighted by atomic mass is 10.1. The summed E-state index contributed by atoms with van der Waals surface area (Å²) in [6.45, 7) is 5.79. The molecular formula is C19H24N4O. The number of aromatic nitrogens is 2. The summed E-state index contributed by atoms with van der Waals surface area (Å²) in [5, 5.41) is 7.63. The number of fused-ring (bicyclic) bond motifs is 2. The van der Waals surface area contributed by atoms with E-state index < -0.39 is 0 Å². The van der Waals surface area contributed by atoms with Gasteiger partial charge in [0.15, 0.2) is 0 Å². The molecule has 2 saturated heterocycles. The minimum Gasteiger partial charge on any atom is -0.354 e. The number of benzene rings is 1. The van der Waals surface area contributed by atoms with E-state index in [1.54, 1.807) is 0 Å². The second-order valence-corrected chi connectivity index (χ2v) is 7.07. The van der Waals surface area contributed by atoms with Gasteiger partial charge in [0.2, 0.25) is 5.91 Å². The quantitative estimate of drug-likeness (QED) is 0.943. The molecule has 0 radical (unpaired) electrons. The van der Waals surface area contributed by atoms with Crippen LogP contribution in [0.3, 0.4) is 0 Å². The molecule has 126 valence electrons.